The Kier molecular flexibility index (Phi) is 3.87. The van der Waals surface area contributed by atoms with Gasteiger partial charge in [-0.25, -0.2) is 0 Å². The number of nitriles is 1. The lowest BCUT2D eigenvalue weighted by atomic mass is 10.1. The average Bonchev–Trinajstić information content (AvgIpc) is 2.47. The number of carbonyl (C=O) groups excluding carboxylic acids is 1. The number of ether oxygens (including phenoxy) is 1. The summed E-state index contributed by atoms with van der Waals surface area (Å²) in [6.07, 6.45) is 0. The van der Waals surface area contributed by atoms with E-state index in [1.165, 1.54) is 7.11 Å². The fourth-order valence-corrected chi connectivity index (χ4v) is 1.70. The zero-order valence-corrected chi connectivity index (χ0v) is 10.9. The number of rotatable bonds is 3. The van der Waals surface area contributed by atoms with E-state index >= 15 is 0 Å². The maximum Gasteiger partial charge on any atom is 0.255 e. The topological polar surface area (TPSA) is 88.1 Å². The molecular formula is C15H13N3O2. The molecule has 2 aromatic carbocycles. The van der Waals surface area contributed by atoms with E-state index < -0.39 is 0 Å². The Hall–Kier alpha value is -3.00. The molecule has 0 fully saturated rings. The van der Waals surface area contributed by atoms with Gasteiger partial charge in [0.1, 0.15) is 5.75 Å². The minimum Gasteiger partial charge on any atom is -0.497 e. The number of nitrogens with zero attached hydrogens (tertiary/aromatic N) is 1. The van der Waals surface area contributed by atoms with E-state index in [0.29, 0.717) is 28.3 Å². The first-order valence-corrected chi connectivity index (χ1v) is 5.88. The predicted octanol–water partition coefficient (Wildman–Crippen LogP) is 2.40. The first-order valence-electron chi connectivity index (χ1n) is 5.88. The molecule has 0 spiro atoms. The normalized spacial score (nSPS) is 9.60. The van der Waals surface area contributed by atoms with Gasteiger partial charge in [0.2, 0.25) is 0 Å². The van der Waals surface area contributed by atoms with Gasteiger partial charge < -0.3 is 15.8 Å². The molecule has 2 rings (SSSR count). The van der Waals surface area contributed by atoms with Gasteiger partial charge in [-0.15, -0.1) is 0 Å². The zero-order valence-electron chi connectivity index (χ0n) is 10.9. The summed E-state index contributed by atoms with van der Waals surface area (Å²) in [5.74, 6) is 0.232. The molecule has 0 aliphatic heterocycles. The standard InChI is InChI=1S/C15H13N3O2/c1-20-14-7-11(6-12(17)8-14)15(19)18-13-4-2-10(9-16)3-5-13/h2-8H,17H2,1H3,(H,18,19). The SMILES string of the molecule is COc1cc(N)cc(C(=O)Nc2ccc(C#N)cc2)c1. The van der Waals surface area contributed by atoms with Crippen LogP contribution in [-0.4, -0.2) is 13.0 Å². The van der Waals surface area contributed by atoms with E-state index in [1.54, 1.807) is 42.5 Å². The number of nitrogens with one attached hydrogen (secondary N) is 1. The zero-order chi connectivity index (χ0) is 14.5. The summed E-state index contributed by atoms with van der Waals surface area (Å²) in [6.45, 7) is 0. The lowest BCUT2D eigenvalue weighted by Crippen LogP contribution is -2.12. The summed E-state index contributed by atoms with van der Waals surface area (Å²) < 4.78 is 5.07. The van der Waals surface area contributed by atoms with Crippen LogP contribution >= 0.6 is 0 Å². The van der Waals surface area contributed by atoms with Gasteiger partial charge in [-0.3, -0.25) is 4.79 Å². The predicted molar refractivity (Wildman–Crippen MR) is 76.5 cm³/mol. The van der Waals surface area contributed by atoms with Gasteiger partial charge in [0.25, 0.3) is 5.91 Å². The molecule has 5 nitrogen and oxygen atoms in total. The summed E-state index contributed by atoms with van der Waals surface area (Å²) >= 11 is 0. The molecule has 0 saturated carbocycles. The molecule has 0 unspecified atom stereocenters. The lowest BCUT2D eigenvalue weighted by molar-refractivity contribution is 0.102. The smallest absolute Gasteiger partial charge is 0.255 e. The van der Waals surface area contributed by atoms with Crippen molar-refractivity contribution in [1.29, 1.82) is 5.26 Å². The molecule has 0 radical (unpaired) electrons. The molecule has 1 amide bonds. The third-order valence-corrected chi connectivity index (χ3v) is 2.70. The maximum atomic E-state index is 12.1. The van der Waals surface area contributed by atoms with Crippen LogP contribution in [0.15, 0.2) is 42.5 Å². The molecule has 0 aromatic heterocycles. The van der Waals surface area contributed by atoms with E-state index in [-0.39, 0.29) is 5.91 Å². The van der Waals surface area contributed by atoms with Crippen LogP contribution in [0.2, 0.25) is 0 Å². The van der Waals surface area contributed by atoms with E-state index in [0.717, 1.165) is 0 Å². The van der Waals surface area contributed by atoms with Crippen LogP contribution in [0.4, 0.5) is 11.4 Å². The highest BCUT2D eigenvalue weighted by molar-refractivity contribution is 6.05. The Morgan fingerprint density at radius 1 is 1.25 bits per heavy atom. The molecule has 100 valence electrons. The van der Waals surface area contributed by atoms with Crippen LogP contribution in [0.5, 0.6) is 5.75 Å². The fraction of sp³-hybridized carbons (Fsp3) is 0.0667. The number of amides is 1. The van der Waals surface area contributed by atoms with Crippen LogP contribution in [0.25, 0.3) is 0 Å². The summed E-state index contributed by atoms with van der Waals surface area (Å²) in [7, 11) is 1.51. The second-order valence-corrected chi connectivity index (χ2v) is 4.14. The number of benzene rings is 2. The number of nitrogens with two attached hydrogens (primary N) is 1. The van der Waals surface area contributed by atoms with Gasteiger partial charge >= 0.3 is 0 Å². The van der Waals surface area contributed by atoms with Crippen molar-refractivity contribution < 1.29 is 9.53 Å². The molecule has 0 bridgehead atoms. The first kappa shape index (κ1) is 13.4. The number of methoxy groups -OCH3 is 1. The summed E-state index contributed by atoms with van der Waals surface area (Å²) in [5, 5.41) is 11.4. The third kappa shape index (κ3) is 3.06. The van der Waals surface area contributed by atoms with Gasteiger partial charge in [-0.1, -0.05) is 0 Å². The minimum absolute atomic E-state index is 0.291. The highest BCUT2D eigenvalue weighted by atomic mass is 16.5. The van der Waals surface area contributed by atoms with Crippen molar-refractivity contribution in [2.24, 2.45) is 0 Å². The quantitative estimate of drug-likeness (QED) is 0.836. The fourth-order valence-electron chi connectivity index (χ4n) is 1.70. The number of hydrogen-bond donors (Lipinski definition) is 2. The van der Waals surface area contributed by atoms with Crippen LogP contribution in [-0.2, 0) is 0 Å². The molecular weight excluding hydrogens is 254 g/mol. The number of carbonyl (C=O) groups is 1. The van der Waals surface area contributed by atoms with Gasteiger partial charge in [-0.2, -0.15) is 5.26 Å². The Labute approximate surface area is 116 Å². The van der Waals surface area contributed by atoms with Crippen LogP contribution in [0.1, 0.15) is 15.9 Å². The second-order valence-electron chi connectivity index (χ2n) is 4.14. The molecule has 0 heterocycles. The maximum absolute atomic E-state index is 12.1. The third-order valence-electron chi connectivity index (χ3n) is 2.70. The largest absolute Gasteiger partial charge is 0.497 e. The minimum atomic E-state index is -0.291. The molecule has 20 heavy (non-hydrogen) atoms. The monoisotopic (exact) mass is 267 g/mol. The highest BCUT2D eigenvalue weighted by Crippen LogP contribution is 2.19. The molecule has 5 heteroatoms. The lowest BCUT2D eigenvalue weighted by Gasteiger charge is -2.08. The number of hydrogen-bond acceptors (Lipinski definition) is 4. The molecule has 2 aromatic rings. The summed E-state index contributed by atoms with van der Waals surface area (Å²) in [4.78, 5) is 12.1. The summed E-state index contributed by atoms with van der Waals surface area (Å²) in [5.41, 5.74) is 7.71. The first-order chi connectivity index (χ1) is 9.62. The van der Waals surface area contributed by atoms with Gasteiger partial charge in [0.05, 0.1) is 18.7 Å². The molecule has 0 aliphatic rings. The second kappa shape index (κ2) is 5.76. The van der Waals surface area contributed by atoms with Crippen LogP contribution in [0, 0.1) is 11.3 Å². The molecule has 3 N–H and O–H groups in total. The highest BCUT2D eigenvalue weighted by Gasteiger charge is 2.09. The molecule has 0 aliphatic carbocycles. The van der Waals surface area contributed by atoms with Crippen LogP contribution < -0.4 is 15.8 Å². The Bertz CT molecular complexity index is 673. The van der Waals surface area contributed by atoms with Crippen molar-refractivity contribution in [3.05, 3.63) is 53.6 Å². The van der Waals surface area contributed by atoms with Crippen molar-refractivity contribution in [2.45, 2.75) is 0 Å². The van der Waals surface area contributed by atoms with Gasteiger partial charge in [0, 0.05) is 23.0 Å². The Balaban J connectivity index is 2.19. The Morgan fingerprint density at radius 2 is 1.95 bits per heavy atom. The number of nitrogen functional groups attached to an aromatic ring is 1. The van der Waals surface area contributed by atoms with E-state index in [1.807, 2.05) is 6.07 Å². The van der Waals surface area contributed by atoms with Crippen molar-refractivity contribution in [3.8, 4) is 11.8 Å². The van der Waals surface area contributed by atoms with E-state index in [4.69, 9.17) is 15.7 Å². The van der Waals surface area contributed by atoms with Crippen molar-refractivity contribution in [3.63, 3.8) is 0 Å². The van der Waals surface area contributed by atoms with E-state index in [2.05, 4.69) is 5.32 Å². The van der Waals surface area contributed by atoms with E-state index in [9.17, 15) is 4.79 Å². The Morgan fingerprint density at radius 3 is 2.55 bits per heavy atom. The van der Waals surface area contributed by atoms with Gasteiger partial charge in [0.15, 0.2) is 0 Å². The van der Waals surface area contributed by atoms with Crippen LogP contribution in [0.3, 0.4) is 0 Å². The van der Waals surface area contributed by atoms with Crippen molar-refractivity contribution in [2.75, 3.05) is 18.2 Å². The molecule has 0 saturated heterocycles. The van der Waals surface area contributed by atoms with Gasteiger partial charge in [-0.05, 0) is 36.4 Å². The van der Waals surface area contributed by atoms with Crippen molar-refractivity contribution >= 4 is 17.3 Å². The summed E-state index contributed by atoms with van der Waals surface area (Å²) in [6, 6.07) is 13.4. The van der Waals surface area contributed by atoms with Crippen molar-refractivity contribution in [1.82, 2.24) is 0 Å². The molecule has 0 atom stereocenters. The average molecular weight is 267 g/mol. The number of anilines is 2.